The highest BCUT2D eigenvalue weighted by molar-refractivity contribution is 9.10. The summed E-state index contributed by atoms with van der Waals surface area (Å²) in [6.07, 6.45) is 6.20. The molecule has 1 aromatic carbocycles. The Kier molecular flexibility index (Phi) is 3.83. The molecule has 6 rings (SSSR count). The van der Waals surface area contributed by atoms with Crippen molar-refractivity contribution in [3.8, 4) is 0 Å². The van der Waals surface area contributed by atoms with Crippen molar-refractivity contribution in [3.63, 3.8) is 0 Å². The number of carbonyl (C=O) groups is 3. The average Bonchev–Trinajstić information content (AvgIpc) is 3.44. The van der Waals surface area contributed by atoms with Gasteiger partial charge in [0.05, 0.1) is 11.8 Å². The second-order valence-corrected chi connectivity index (χ2v) is 9.04. The number of hydrogen-bond donors (Lipinski definition) is 1. The number of rotatable bonds is 4. The van der Waals surface area contributed by atoms with Gasteiger partial charge in [-0.15, -0.1) is 0 Å². The average molecular weight is 429 g/mol. The van der Waals surface area contributed by atoms with Gasteiger partial charge in [-0.3, -0.25) is 19.3 Å². The third kappa shape index (κ3) is 2.53. The van der Waals surface area contributed by atoms with Crippen LogP contribution in [0.5, 0.6) is 0 Å². The molecule has 3 fully saturated rings. The van der Waals surface area contributed by atoms with E-state index < -0.39 is 0 Å². The quantitative estimate of drug-likeness (QED) is 0.591. The number of nitrogens with one attached hydrogen (secondary N) is 1. The fourth-order valence-corrected chi connectivity index (χ4v) is 5.89. The lowest BCUT2D eigenvalue weighted by atomic mass is 9.63. The number of carbonyl (C=O) groups excluding carboxylic acids is 3. The van der Waals surface area contributed by atoms with E-state index >= 15 is 0 Å². The van der Waals surface area contributed by atoms with Crippen molar-refractivity contribution in [1.82, 2.24) is 4.90 Å². The lowest BCUT2D eigenvalue weighted by Crippen LogP contribution is -2.40. The normalized spacial score (nSPS) is 35.3. The van der Waals surface area contributed by atoms with Crippen molar-refractivity contribution in [2.45, 2.75) is 19.8 Å². The Morgan fingerprint density at radius 2 is 1.78 bits per heavy atom. The summed E-state index contributed by atoms with van der Waals surface area (Å²) in [4.78, 5) is 39.7. The van der Waals surface area contributed by atoms with Gasteiger partial charge in [-0.1, -0.05) is 35.0 Å². The smallest absolute Gasteiger partial charge is 0.244 e. The van der Waals surface area contributed by atoms with E-state index in [1.807, 2.05) is 25.1 Å². The van der Waals surface area contributed by atoms with Gasteiger partial charge in [-0.25, -0.2) is 0 Å². The van der Waals surface area contributed by atoms with Crippen molar-refractivity contribution in [3.05, 3.63) is 40.4 Å². The SMILES string of the molecule is CCc1cc(Br)ccc1NC(=O)CN1C(=O)[C@@H]2[C@@H]3C=C[C@H]([C@H]4C[C@H]34)[C@@H]2C1=O. The van der Waals surface area contributed by atoms with Gasteiger partial charge >= 0.3 is 0 Å². The van der Waals surface area contributed by atoms with Crippen molar-refractivity contribution in [2.75, 3.05) is 11.9 Å². The lowest BCUT2D eigenvalue weighted by Gasteiger charge is -2.37. The molecule has 2 bridgehead atoms. The molecular weight excluding hydrogens is 408 g/mol. The number of likely N-dealkylation sites (tertiary alicyclic amines) is 1. The van der Waals surface area contributed by atoms with E-state index in [0.29, 0.717) is 11.8 Å². The van der Waals surface area contributed by atoms with Crippen LogP contribution in [-0.4, -0.2) is 29.2 Å². The summed E-state index contributed by atoms with van der Waals surface area (Å²) < 4.78 is 0.952. The summed E-state index contributed by atoms with van der Waals surface area (Å²) in [7, 11) is 0. The van der Waals surface area contributed by atoms with Gasteiger partial charge in [0, 0.05) is 10.2 Å². The summed E-state index contributed by atoms with van der Waals surface area (Å²) in [6.45, 7) is 1.82. The molecule has 3 amide bonds. The summed E-state index contributed by atoms with van der Waals surface area (Å²) in [5.41, 5.74) is 1.73. The van der Waals surface area contributed by atoms with Crippen LogP contribution in [0.3, 0.4) is 0 Å². The second kappa shape index (κ2) is 6.03. The van der Waals surface area contributed by atoms with Crippen molar-refractivity contribution in [1.29, 1.82) is 0 Å². The number of anilines is 1. The zero-order valence-corrected chi connectivity index (χ0v) is 16.6. The molecular formula is C21H21BrN2O3. The predicted octanol–water partition coefficient (Wildman–Crippen LogP) is 3.00. The van der Waals surface area contributed by atoms with Gasteiger partial charge in [0.2, 0.25) is 17.7 Å². The maximum absolute atomic E-state index is 12.9. The highest BCUT2D eigenvalue weighted by Gasteiger charge is 2.67. The number of benzene rings is 1. The van der Waals surface area contributed by atoms with Crippen molar-refractivity contribution in [2.24, 2.45) is 35.5 Å². The fraction of sp³-hybridized carbons (Fsp3) is 0.476. The largest absolute Gasteiger partial charge is 0.324 e. The molecule has 1 N–H and O–H groups in total. The molecule has 1 aromatic rings. The number of hydrogen-bond acceptors (Lipinski definition) is 3. The molecule has 5 nitrogen and oxygen atoms in total. The first-order valence-corrected chi connectivity index (χ1v) is 10.4. The number of amides is 3. The number of imide groups is 1. The molecule has 1 saturated heterocycles. The Balaban J connectivity index is 1.33. The van der Waals surface area contributed by atoms with E-state index in [1.165, 1.54) is 4.90 Å². The lowest BCUT2D eigenvalue weighted by molar-refractivity contribution is -0.142. The molecule has 1 heterocycles. The van der Waals surface area contributed by atoms with E-state index in [1.54, 1.807) is 0 Å². The van der Waals surface area contributed by atoms with Crippen LogP contribution < -0.4 is 5.32 Å². The van der Waals surface area contributed by atoms with Gasteiger partial charge in [0.25, 0.3) is 0 Å². The highest BCUT2D eigenvalue weighted by atomic mass is 79.9. The van der Waals surface area contributed by atoms with E-state index in [0.717, 1.165) is 28.6 Å². The van der Waals surface area contributed by atoms with Gasteiger partial charge < -0.3 is 5.32 Å². The van der Waals surface area contributed by atoms with Crippen LogP contribution in [0.1, 0.15) is 18.9 Å². The molecule has 4 aliphatic carbocycles. The zero-order chi connectivity index (χ0) is 18.9. The van der Waals surface area contributed by atoms with E-state index in [2.05, 4.69) is 33.4 Å². The van der Waals surface area contributed by atoms with Gasteiger partial charge in [0.15, 0.2) is 0 Å². The number of allylic oxidation sites excluding steroid dienone is 2. The zero-order valence-electron chi connectivity index (χ0n) is 15.0. The van der Waals surface area contributed by atoms with E-state index in [-0.39, 0.29) is 47.9 Å². The monoisotopic (exact) mass is 428 g/mol. The second-order valence-electron chi connectivity index (χ2n) is 8.12. The third-order valence-corrected chi connectivity index (χ3v) is 7.27. The minimum Gasteiger partial charge on any atom is -0.324 e. The van der Waals surface area contributed by atoms with Crippen LogP contribution in [0.25, 0.3) is 0 Å². The van der Waals surface area contributed by atoms with Crippen LogP contribution in [0.2, 0.25) is 0 Å². The standard InChI is InChI=1S/C21H21BrN2O3/c1-2-10-7-11(22)3-6-16(10)23-17(25)9-24-20(26)18-12-4-5-13(15-8-14(12)15)19(18)21(24)27/h3-7,12-15,18-19H,2,8-9H2,1H3,(H,23,25)/t12-,13-,14-,15-,18-,19+/m1/s1. The first-order valence-electron chi connectivity index (χ1n) is 9.61. The Bertz CT molecular complexity index is 859. The maximum atomic E-state index is 12.9. The van der Waals surface area contributed by atoms with Crippen LogP contribution >= 0.6 is 15.9 Å². The summed E-state index contributed by atoms with van der Waals surface area (Å²) >= 11 is 3.43. The third-order valence-electron chi connectivity index (χ3n) is 6.78. The minimum atomic E-state index is -0.321. The Hall–Kier alpha value is -1.95. The Labute approximate surface area is 166 Å². The van der Waals surface area contributed by atoms with Gasteiger partial charge in [-0.05, 0) is 60.3 Å². The van der Waals surface area contributed by atoms with Crippen LogP contribution in [0.15, 0.2) is 34.8 Å². The highest BCUT2D eigenvalue weighted by Crippen LogP contribution is 2.65. The van der Waals surface area contributed by atoms with E-state index in [9.17, 15) is 14.4 Å². The van der Waals surface area contributed by atoms with Crippen LogP contribution in [0.4, 0.5) is 5.69 Å². The van der Waals surface area contributed by atoms with Crippen LogP contribution in [-0.2, 0) is 20.8 Å². The molecule has 0 unspecified atom stereocenters. The van der Waals surface area contributed by atoms with Gasteiger partial charge in [0.1, 0.15) is 6.54 Å². The number of nitrogens with zero attached hydrogens (tertiary/aromatic N) is 1. The molecule has 6 heteroatoms. The summed E-state index contributed by atoms with van der Waals surface area (Å²) in [5, 5.41) is 2.87. The molecule has 0 radical (unpaired) electrons. The van der Waals surface area contributed by atoms with Crippen molar-refractivity contribution >= 4 is 39.3 Å². The number of halogens is 1. The fourth-order valence-electron chi connectivity index (χ4n) is 5.48. The molecule has 0 aromatic heterocycles. The molecule has 2 saturated carbocycles. The topological polar surface area (TPSA) is 66.5 Å². The maximum Gasteiger partial charge on any atom is 0.244 e. The number of aryl methyl sites for hydroxylation is 1. The first kappa shape index (κ1) is 17.2. The Morgan fingerprint density at radius 3 is 2.37 bits per heavy atom. The van der Waals surface area contributed by atoms with E-state index in [4.69, 9.17) is 0 Å². The molecule has 6 atom stereocenters. The molecule has 0 spiro atoms. The molecule has 140 valence electrons. The first-order chi connectivity index (χ1) is 13.0. The predicted molar refractivity (Wildman–Crippen MR) is 104 cm³/mol. The molecule has 27 heavy (non-hydrogen) atoms. The van der Waals surface area contributed by atoms with Crippen molar-refractivity contribution < 1.29 is 14.4 Å². The van der Waals surface area contributed by atoms with Gasteiger partial charge in [-0.2, -0.15) is 0 Å². The Morgan fingerprint density at radius 1 is 1.15 bits per heavy atom. The summed E-state index contributed by atoms with van der Waals surface area (Å²) in [5.74, 6) is 0.389. The minimum absolute atomic E-state index is 0.156. The molecule has 1 aliphatic heterocycles. The summed E-state index contributed by atoms with van der Waals surface area (Å²) in [6, 6.07) is 5.67. The molecule has 5 aliphatic rings. The van der Waals surface area contributed by atoms with Crippen LogP contribution in [0, 0.1) is 35.5 Å².